The summed E-state index contributed by atoms with van der Waals surface area (Å²) >= 11 is 1.46. The number of anilines is 1. The molecule has 1 amide bonds. The molecule has 0 unspecified atom stereocenters. The van der Waals surface area contributed by atoms with Crippen LogP contribution in [0.2, 0.25) is 0 Å². The molecule has 1 heterocycles. The standard InChI is InChI=1S/C14H15N3O3S/c1-9-4-2-3-5-10(9)7-21-8-12(18)16-11-6-15-14(20)17-13(11)19/h2-6H,7-8H2,1H3,(H,16,18)(H2,15,17,19,20). The van der Waals surface area contributed by atoms with Gasteiger partial charge in [-0.2, -0.15) is 0 Å². The van der Waals surface area contributed by atoms with Crippen molar-refractivity contribution in [3.05, 3.63) is 62.4 Å². The normalized spacial score (nSPS) is 10.3. The predicted octanol–water partition coefficient (Wildman–Crippen LogP) is 1.24. The number of hydrogen-bond acceptors (Lipinski definition) is 4. The highest BCUT2D eigenvalue weighted by Crippen LogP contribution is 2.15. The van der Waals surface area contributed by atoms with Crippen LogP contribution in [0.5, 0.6) is 0 Å². The van der Waals surface area contributed by atoms with Crippen LogP contribution in [0, 0.1) is 6.92 Å². The number of thioether (sulfide) groups is 1. The van der Waals surface area contributed by atoms with Gasteiger partial charge in [0.05, 0.1) is 5.75 Å². The van der Waals surface area contributed by atoms with Gasteiger partial charge in [-0.1, -0.05) is 24.3 Å². The molecule has 3 N–H and O–H groups in total. The van der Waals surface area contributed by atoms with Gasteiger partial charge in [0.2, 0.25) is 5.91 Å². The van der Waals surface area contributed by atoms with Gasteiger partial charge in [0.15, 0.2) is 0 Å². The summed E-state index contributed by atoms with van der Waals surface area (Å²) in [6, 6.07) is 7.98. The molecular formula is C14H15N3O3S. The Balaban J connectivity index is 1.87. The summed E-state index contributed by atoms with van der Waals surface area (Å²) in [5.41, 5.74) is 1.18. The zero-order chi connectivity index (χ0) is 15.2. The Hall–Kier alpha value is -2.28. The van der Waals surface area contributed by atoms with Crippen molar-refractivity contribution in [2.24, 2.45) is 0 Å². The van der Waals surface area contributed by atoms with Crippen molar-refractivity contribution in [3.63, 3.8) is 0 Å². The summed E-state index contributed by atoms with van der Waals surface area (Å²) < 4.78 is 0. The van der Waals surface area contributed by atoms with Gasteiger partial charge in [-0.3, -0.25) is 14.6 Å². The number of carbonyl (C=O) groups excluding carboxylic acids is 1. The van der Waals surface area contributed by atoms with Crippen LogP contribution in [0.25, 0.3) is 0 Å². The second kappa shape index (κ2) is 6.94. The molecule has 0 bridgehead atoms. The van der Waals surface area contributed by atoms with E-state index in [1.54, 1.807) is 0 Å². The first-order valence-electron chi connectivity index (χ1n) is 6.30. The van der Waals surface area contributed by atoms with Crippen LogP contribution in [0.4, 0.5) is 5.69 Å². The van der Waals surface area contributed by atoms with Gasteiger partial charge in [-0.15, -0.1) is 11.8 Å². The third-order valence-electron chi connectivity index (χ3n) is 2.85. The Kier molecular flexibility index (Phi) is 4.99. The molecule has 0 aliphatic heterocycles. The van der Waals surface area contributed by atoms with Crippen molar-refractivity contribution in [3.8, 4) is 0 Å². The van der Waals surface area contributed by atoms with E-state index in [-0.39, 0.29) is 17.3 Å². The number of rotatable bonds is 5. The molecular weight excluding hydrogens is 290 g/mol. The van der Waals surface area contributed by atoms with Crippen molar-refractivity contribution in [1.29, 1.82) is 0 Å². The maximum atomic E-state index is 11.7. The van der Waals surface area contributed by atoms with E-state index >= 15 is 0 Å². The highest BCUT2D eigenvalue weighted by atomic mass is 32.2. The molecule has 0 fully saturated rings. The van der Waals surface area contributed by atoms with Crippen molar-refractivity contribution in [2.45, 2.75) is 12.7 Å². The quantitative estimate of drug-likeness (QED) is 0.774. The summed E-state index contributed by atoms with van der Waals surface area (Å²) in [4.78, 5) is 38.4. The SMILES string of the molecule is Cc1ccccc1CSCC(=O)Nc1c[nH]c(=O)[nH]c1=O. The van der Waals surface area contributed by atoms with Crippen LogP contribution in [0.3, 0.4) is 0 Å². The van der Waals surface area contributed by atoms with Gasteiger partial charge in [0.25, 0.3) is 5.56 Å². The Morgan fingerprint density at radius 2 is 2.05 bits per heavy atom. The summed E-state index contributed by atoms with van der Waals surface area (Å²) in [6.45, 7) is 2.02. The molecule has 2 aromatic rings. The average Bonchev–Trinajstić information content (AvgIpc) is 2.44. The highest BCUT2D eigenvalue weighted by molar-refractivity contribution is 7.99. The topological polar surface area (TPSA) is 94.8 Å². The predicted molar refractivity (Wildman–Crippen MR) is 83.7 cm³/mol. The van der Waals surface area contributed by atoms with E-state index in [1.807, 2.05) is 36.2 Å². The number of aromatic amines is 2. The summed E-state index contributed by atoms with van der Waals surface area (Å²) in [6.07, 6.45) is 1.19. The number of benzene rings is 1. The molecule has 0 atom stereocenters. The molecule has 0 saturated heterocycles. The molecule has 0 radical (unpaired) electrons. The molecule has 6 nitrogen and oxygen atoms in total. The van der Waals surface area contributed by atoms with E-state index in [0.29, 0.717) is 0 Å². The molecule has 0 spiro atoms. The van der Waals surface area contributed by atoms with Crippen LogP contribution in [-0.4, -0.2) is 21.6 Å². The molecule has 1 aromatic heterocycles. The minimum Gasteiger partial charge on any atom is -0.320 e. The molecule has 7 heteroatoms. The van der Waals surface area contributed by atoms with Crippen molar-refractivity contribution >= 4 is 23.4 Å². The molecule has 1 aromatic carbocycles. The van der Waals surface area contributed by atoms with Crippen LogP contribution in [0.15, 0.2) is 40.1 Å². The Bertz CT molecular complexity index is 751. The van der Waals surface area contributed by atoms with Gasteiger partial charge in [-0.25, -0.2) is 4.79 Å². The van der Waals surface area contributed by atoms with Crippen molar-refractivity contribution in [2.75, 3.05) is 11.1 Å². The van der Waals surface area contributed by atoms with Gasteiger partial charge in [0, 0.05) is 11.9 Å². The summed E-state index contributed by atoms with van der Waals surface area (Å²) in [7, 11) is 0. The van der Waals surface area contributed by atoms with Gasteiger partial charge in [0.1, 0.15) is 5.69 Å². The first-order valence-corrected chi connectivity index (χ1v) is 7.46. The number of nitrogens with one attached hydrogen (secondary N) is 3. The van der Waals surface area contributed by atoms with E-state index in [2.05, 4.69) is 10.3 Å². The van der Waals surface area contributed by atoms with E-state index in [0.717, 1.165) is 5.75 Å². The summed E-state index contributed by atoms with van der Waals surface area (Å²) in [5, 5.41) is 2.46. The van der Waals surface area contributed by atoms with Crippen LogP contribution in [0.1, 0.15) is 11.1 Å². The lowest BCUT2D eigenvalue weighted by atomic mass is 10.1. The second-order valence-electron chi connectivity index (χ2n) is 4.45. The number of H-pyrrole nitrogens is 2. The van der Waals surface area contributed by atoms with Crippen LogP contribution < -0.4 is 16.6 Å². The fraction of sp³-hybridized carbons (Fsp3) is 0.214. The number of aryl methyl sites for hydroxylation is 1. The molecule has 0 aliphatic rings. The van der Waals surface area contributed by atoms with Crippen molar-refractivity contribution in [1.82, 2.24) is 9.97 Å². The van der Waals surface area contributed by atoms with Gasteiger partial charge < -0.3 is 10.3 Å². The van der Waals surface area contributed by atoms with Gasteiger partial charge >= 0.3 is 5.69 Å². The minimum atomic E-state index is -0.615. The zero-order valence-electron chi connectivity index (χ0n) is 11.4. The minimum absolute atomic E-state index is 0.0380. The third-order valence-corrected chi connectivity index (χ3v) is 3.83. The second-order valence-corrected chi connectivity index (χ2v) is 5.44. The van der Waals surface area contributed by atoms with E-state index in [1.165, 1.54) is 29.1 Å². The fourth-order valence-electron chi connectivity index (χ4n) is 1.71. The Morgan fingerprint density at radius 1 is 1.29 bits per heavy atom. The molecule has 2 rings (SSSR count). The fourth-order valence-corrected chi connectivity index (χ4v) is 2.62. The lowest BCUT2D eigenvalue weighted by molar-refractivity contribution is -0.113. The molecule has 110 valence electrons. The largest absolute Gasteiger partial charge is 0.325 e. The first kappa shape index (κ1) is 15.1. The molecule has 0 aliphatic carbocycles. The number of hydrogen-bond donors (Lipinski definition) is 3. The Morgan fingerprint density at radius 3 is 2.76 bits per heavy atom. The number of amides is 1. The monoisotopic (exact) mass is 305 g/mol. The first-order chi connectivity index (χ1) is 10.1. The molecule has 0 saturated carbocycles. The summed E-state index contributed by atoms with van der Waals surface area (Å²) in [5.74, 6) is 0.667. The highest BCUT2D eigenvalue weighted by Gasteiger charge is 2.07. The van der Waals surface area contributed by atoms with Crippen molar-refractivity contribution < 1.29 is 4.79 Å². The molecule has 21 heavy (non-hydrogen) atoms. The van der Waals surface area contributed by atoms with E-state index in [9.17, 15) is 14.4 Å². The third kappa shape index (κ3) is 4.35. The number of aromatic nitrogens is 2. The van der Waals surface area contributed by atoms with Crippen LogP contribution in [-0.2, 0) is 10.5 Å². The van der Waals surface area contributed by atoms with Crippen LogP contribution >= 0.6 is 11.8 Å². The maximum absolute atomic E-state index is 11.7. The smallest absolute Gasteiger partial charge is 0.320 e. The van der Waals surface area contributed by atoms with E-state index < -0.39 is 11.2 Å². The average molecular weight is 305 g/mol. The zero-order valence-corrected chi connectivity index (χ0v) is 12.3. The lowest BCUT2D eigenvalue weighted by Crippen LogP contribution is -2.27. The van der Waals surface area contributed by atoms with E-state index in [4.69, 9.17) is 0 Å². The lowest BCUT2D eigenvalue weighted by Gasteiger charge is -2.06. The Labute approximate surface area is 125 Å². The maximum Gasteiger partial charge on any atom is 0.325 e. The number of carbonyl (C=O) groups is 1. The van der Waals surface area contributed by atoms with Gasteiger partial charge in [-0.05, 0) is 18.1 Å².